The number of aliphatic hydroxyl groups is 1. The number of hydrogen-bond donors (Lipinski definition) is 2. The van der Waals surface area contributed by atoms with Crippen LogP contribution in [0.25, 0.3) is 0 Å². The highest BCUT2D eigenvalue weighted by Crippen LogP contribution is 2.25. The van der Waals surface area contributed by atoms with E-state index in [4.69, 9.17) is 9.47 Å². The lowest BCUT2D eigenvalue weighted by Crippen LogP contribution is -2.27. The van der Waals surface area contributed by atoms with Gasteiger partial charge in [-0.25, -0.2) is 0 Å². The number of ether oxygens (including phenoxy) is 2. The average molecular weight is 279 g/mol. The Balaban J connectivity index is 1.84. The summed E-state index contributed by atoms with van der Waals surface area (Å²) in [6.45, 7) is 1.77. The van der Waals surface area contributed by atoms with Crippen molar-refractivity contribution in [3.8, 4) is 11.5 Å². The van der Waals surface area contributed by atoms with Crippen LogP contribution in [0.1, 0.15) is 31.2 Å². The van der Waals surface area contributed by atoms with Gasteiger partial charge in [0.25, 0.3) is 0 Å². The summed E-state index contributed by atoms with van der Waals surface area (Å²) in [6.07, 6.45) is 4.03. The number of benzene rings is 1. The largest absolute Gasteiger partial charge is 0.497 e. The van der Waals surface area contributed by atoms with E-state index in [1.165, 1.54) is 0 Å². The zero-order valence-corrected chi connectivity index (χ0v) is 12.4. The molecule has 0 unspecified atom stereocenters. The van der Waals surface area contributed by atoms with E-state index in [2.05, 4.69) is 5.32 Å². The fourth-order valence-corrected chi connectivity index (χ4v) is 2.78. The molecule has 1 fully saturated rings. The molecule has 0 spiro atoms. The Morgan fingerprint density at radius 3 is 2.55 bits per heavy atom. The Kier molecular flexibility index (Phi) is 5.68. The maximum absolute atomic E-state index is 9.51. The molecule has 0 heterocycles. The first-order valence-corrected chi connectivity index (χ1v) is 7.32. The summed E-state index contributed by atoms with van der Waals surface area (Å²) in [7, 11) is 3.36. The van der Waals surface area contributed by atoms with Crippen molar-refractivity contribution in [2.24, 2.45) is 5.92 Å². The number of methoxy groups -OCH3 is 2. The highest BCUT2D eigenvalue weighted by atomic mass is 16.5. The predicted octanol–water partition coefficient (Wildman–Crippen LogP) is 2.34. The molecule has 4 nitrogen and oxygen atoms in total. The molecule has 1 saturated carbocycles. The van der Waals surface area contributed by atoms with Gasteiger partial charge in [-0.3, -0.25) is 0 Å². The van der Waals surface area contributed by atoms with Crippen LogP contribution >= 0.6 is 0 Å². The van der Waals surface area contributed by atoms with Crippen molar-refractivity contribution in [3.63, 3.8) is 0 Å². The van der Waals surface area contributed by atoms with E-state index in [0.29, 0.717) is 5.92 Å². The molecule has 2 rings (SSSR count). The van der Waals surface area contributed by atoms with Gasteiger partial charge < -0.3 is 19.9 Å². The fraction of sp³-hybridized carbons (Fsp3) is 0.625. The summed E-state index contributed by atoms with van der Waals surface area (Å²) in [6, 6.07) is 5.86. The minimum atomic E-state index is -0.0790. The van der Waals surface area contributed by atoms with Crippen molar-refractivity contribution in [3.05, 3.63) is 23.8 Å². The van der Waals surface area contributed by atoms with Gasteiger partial charge in [-0.15, -0.1) is 0 Å². The van der Waals surface area contributed by atoms with Crippen LogP contribution in [-0.4, -0.2) is 32.0 Å². The van der Waals surface area contributed by atoms with Gasteiger partial charge in [0.05, 0.1) is 20.3 Å². The Hall–Kier alpha value is -1.26. The lowest BCUT2D eigenvalue weighted by atomic mass is 9.87. The quantitative estimate of drug-likeness (QED) is 0.839. The molecular formula is C16H25NO3. The molecule has 112 valence electrons. The third kappa shape index (κ3) is 4.12. The van der Waals surface area contributed by atoms with Crippen molar-refractivity contribution in [1.29, 1.82) is 0 Å². The molecule has 2 N–H and O–H groups in total. The maximum Gasteiger partial charge on any atom is 0.123 e. The summed E-state index contributed by atoms with van der Waals surface area (Å²) in [5, 5.41) is 13.0. The van der Waals surface area contributed by atoms with E-state index < -0.39 is 0 Å². The third-order valence-corrected chi connectivity index (χ3v) is 4.05. The molecule has 1 aromatic carbocycles. The normalized spacial score (nSPS) is 22.6. The fourth-order valence-electron chi connectivity index (χ4n) is 2.78. The van der Waals surface area contributed by atoms with Gasteiger partial charge in [0.2, 0.25) is 0 Å². The summed E-state index contributed by atoms with van der Waals surface area (Å²) < 4.78 is 10.6. The van der Waals surface area contributed by atoms with Crippen LogP contribution in [0.4, 0.5) is 0 Å². The number of hydrogen-bond acceptors (Lipinski definition) is 4. The van der Waals surface area contributed by atoms with E-state index in [1.807, 2.05) is 18.2 Å². The van der Waals surface area contributed by atoms with Crippen LogP contribution < -0.4 is 14.8 Å². The predicted molar refractivity (Wildman–Crippen MR) is 79.2 cm³/mol. The number of nitrogens with one attached hydrogen (secondary N) is 1. The highest BCUT2D eigenvalue weighted by molar-refractivity contribution is 5.40. The van der Waals surface area contributed by atoms with Crippen molar-refractivity contribution in [1.82, 2.24) is 5.32 Å². The van der Waals surface area contributed by atoms with Gasteiger partial charge in [-0.1, -0.05) is 0 Å². The minimum absolute atomic E-state index is 0.0790. The van der Waals surface area contributed by atoms with Crippen LogP contribution in [0, 0.1) is 5.92 Å². The minimum Gasteiger partial charge on any atom is -0.497 e. The lowest BCUT2D eigenvalue weighted by Gasteiger charge is -2.25. The van der Waals surface area contributed by atoms with Crippen LogP contribution in [0.3, 0.4) is 0 Å². The van der Waals surface area contributed by atoms with Gasteiger partial charge in [0.1, 0.15) is 11.5 Å². The summed E-state index contributed by atoms with van der Waals surface area (Å²) in [5.74, 6) is 2.41. The van der Waals surface area contributed by atoms with E-state index in [9.17, 15) is 5.11 Å². The van der Waals surface area contributed by atoms with Crippen molar-refractivity contribution < 1.29 is 14.6 Å². The molecule has 0 bridgehead atoms. The van der Waals surface area contributed by atoms with Crippen molar-refractivity contribution in [2.45, 2.75) is 38.3 Å². The molecular weight excluding hydrogens is 254 g/mol. The van der Waals surface area contributed by atoms with Gasteiger partial charge in [-0.05, 0) is 56.3 Å². The second-order valence-electron chi connectivity index (χ2n) is 5.48. The molecule has 1 aromatic rings. The molecule has 1 aliphatic carbocycles. The second kappa shape index (κ2) is 7.50. The monoisotopic (exact) mass is 279 g/mol. The average Bonchev–Trinajstić information content (AvgIpc) is 2.49. The van der Waals surface area contributed by atoms with E-state index >= 15 is 0 Å². The Bertz CT molecular complexity index is 414. The number of rotatable bonds is 6. The van der Waals surface area contributed by atoms with Gasteiger partial charge >= 0.3 is 0 Å². The molecule has 20 heavy (non-hydrogen) atoms. The second-order valence-corrected chi connectivity index (χ2v) is 5.48. The Labute approximate surface area is 121 Å². The molecule has 0 radical (unpaired) electrons. The first-order chi connectivity index (χ1) is 9.72. The van der Waals surface area contributed by atoms with Crippen LogP contribution in [0.15, 0.2) is 18.2 Å². The molecule has 0 amide bonds. The lowest BCUT2D eigenvalue weighted by molar-refractivity contribution is 0.108. The van der Waals surface area contributed by atoms with Gasteiger partial charge in [0.15, 0.2) is 0 Å². The molecule has 0 atom stereocenters. The molecule has 0 aromatic heterocycles. The zero-order chi connectivity index (χ0) is 14.4. The Morgan fingerprint density at radius 1 is 1.15 bits per heavy atom. The smallest absolute Gasteiger partial charge is 0.123 e. The van der Waals surface area contributed by atoms with Crippen molar-refractivity contribution >= 4 is 0 Å². The van der Waals surface area contributed by atoms with E-state index in [1.54, 1.807) is 14.2 Å². The zero-order valence-electron chi connectivity index (χ0n) is 12.4. The van der Waals surface area contributed by atoms with Gasteiger partial charge in [0, 0.05) is 12.1 Å². The van der Waals surface area contributed by atoms with Gasteiger partial charge in [-0.2, -0.15) is 0 Å². The summed E-state index contributed by atoms with van der Waals surface area (Å²) in [4.78, 5) is 0. The highest BCUT2D eigenvalue weighted by Gasteiger charge is 2.18. The molecule has 4 heteroatoms. The Morgan fingerprint density at radius 2 is 1.90 bits per heavy atom. The van der Waals surface area contributed by atoms with E-state index in [0.717, 1.165) is 55.8 Å². The first-order valence-electron chi connectivity index (χ1n) is 7.32. The summed E-state index contributed by atoms with van der Waals surface area (Å²) in [5.41, 5.74) is 1.11. The summed E-state index contributed by atoms with van der Waals surface area (Å²) >= 11 is 0. The van der Waals surface area contributed by atoms with Crippen LogP contribution in [0.2, 0.25) is 0 Å². The molecule has 1 aliphatic rings. The molecule has 0 aliphatic heterocycles. The standard InChI is InChI=1S/C16H25NO3/c1-19-15-7-8-16(20-2)13(9-15)11-17-10-12-3-5-14(18)6-4-12/h7-9,12,14,17-18H,3-6,10-11H2,1-2H3. The maximum atomic E-state index is 9.51. The van der Waals surface area contributed by atoms with Crippen molar-refractivity contribution in [2.75, 3.05) is 20.8 Å². The third-order valence-electron chi connectivity index (χ3n) is 4.05. The van der Waals surface area contributed by atoms with Crippen LogP contribution in [-0.2, 0) is 6.54 Å². The van der Waals surface area contributed by atoms with E-state index in [-0.39, 0.29) is 6.10 Å². The number of aliphatic hydroxyl groups excluding tert-OH is 1. The molecule has 0 saturated heterocycles. The van der Waals surface area contributed by atoms with Crippen LogP contribution in [0.5, 0.6) is 11.5 Å². The topological polar surface area (TPSA) is 50.7 Å². The SMILES string of the molecule is COc1ccc(OC)c(CNCC2CCC(O)CC2)c1. The first kappa shape index (κ1) is 15.1.